The van der Waals surface area contributed by atoms with Crippen molar-refractivity contribution in [1.82, 2.24) is 19.9 Å². The molecule has 1 fully saturated rings. The van der Waals surface area contributed by atoms with E-state index in [0.29, 0.717) is 18.8 Å². The van der Waals surface area contributed by atoms with Crippen molar-refractivity contribution in [3.05, 3.63) is 66.1 Å². The molecular formula is C20H19N5O2. The molecule has 0 saturated carbocycles. The lowest BCUT2D eigenvalue weighted by atomic mass is 10.2. The number of anilines is 1. The van der Waals surface area contributed by atoms with Crippen LogP contribution in [0.2, 0.25) is 0 Å². The monoisotopic (exact) mass is 361 g/mol. The lowest BCUT2D eigenvalue weighted by Crippen LogP contribution is -2.23. The highest BCUT2D eigenvalue weighted by molar-refractivity contribution is 5.95. The van der Waals surface area contributed by atoms with E-state index in [0.717, 1.165) is 29.9 Å². The maximum atomic E-state index is 12.1. The predicted octanol–water partition coefficient (Wildman–Crippen LogP) is 2.19. The summed E-state index contributed by atoms with van der Waals surface area (Å²) in [5.41, 5.74) is 2.54. The number of aromatic nitrogens is 3. The third-order valence-corrected chi connectivity index (χ3v) is 4.51. The van der Waals surface area contributed by atoms with E-state index >= 15 is 0 Å². The quantitative estimate of drug-likeness (QED) is 0.707. The maximum absolute atomic E-state index is 12.1. The second-order valence-corrected chi connectivity index (χ2v) is 6.34. The van der Waals surface area contributed by atoms with Gasteiger partial charge in [-0.3, -0.25) is 14.0 Å². The van der Waals surface area contributed by atoms with Crippen molar-refractivity contribution in [3.63, 3.8) is 0 Å². The van der Waals surface area contributed by atoms with Crippen LogP contribution in [-0.2, 0) is 16.1 Å². The first kappa shape index (κ1) is 17.0. The van der Waals surface area contributed by atoms with E-state index in [1.165, 1.54) is 6.08 Å². The Morgan fingerprint density at radius 2 is 2.00 bits per heavy atom. The Labute approximate surface area is 156 Å². The van der Waals surface area contributed by atoms with Gasteiger partial charge in [0.1, 0.15) is 0 Å². The lowest BCUT2D eigenvalue weighted by molar-refractivity contribution is -0.117. The molecule has 2 amide bonds. The summed E-state index contributed by atoms with van der Waals surface area (Å²) < 4.78 is 1.84. The number of nitrogens with one attached hydrogen (secondary N) is 1. The van der Waals surface area contributed by atoms with Gasteiger partial charge in [0, 0.05) is 30.9 Å². The van der Waals surface area contributed by atoms with Gasteiger partial charge in [0.2, 0.25) is 11.8 Å². The first-order valence-electron chi connectivity index (χ1n) is 8.86. The molecule has 0 atom stereocenters. The Morgan fingerprint density at radius 1 is 1.15 bits per heavy atom. The van der Waals surface area contributed by atoms with Crippen LogP contribution in [0, 0.1) is 0 Å². The standard InChI is InChI=1S/C20H19N5O2/c26-19(21-14-18-23-22-17-4-1-2-12-25(17)18)11-8-15-6-9-16(10-7-15)24-13-3-5-20(24)27/h1-2,4,6-12H,3,5,13-14H2,(H,21,26)/b11-8+. The Kier molecular flexibility index (Phi) is 4.65. The largest absolute Gasteiger partial charge is 0.345 e. The molecule has 136 valence electrons. The number of rotatable bonds is 5. The molecule has 7 heteroatoms. The number of carbonyl (C=O) groups is 2. The van der Waals surface area contributed by atoms with Crippen molar-refractivity contribution in [1.29, 1.82) is 0 Å². The van der Waals surface area contributed by atoms with Gasteiger partial charge in [-0.1, -0.05) is 18.2 Å². The van der Waals surface area contributed by atoms with Gasteiger partial charge in [-0.15, -0.1) is 10.2 Å². The van der Waals surface area contributed by atoms with E-state index < -0.39 is 0 Å². The Bertz CT molecular complexity index is 1010. The van der Waals surface area contributed by atoms with Gasteiger partial charge in [0.05, 0.1) is 6.54 Å². The SMILES string of the molecule is O=C(/C=C/c1ccc(N2CCCC2=O)cc1)NCc1nnc2ccccn12. The summed E-state index contributed by atoms with van der Waals surface area (Å²) in [6.07, 6.45) is 6.61. The first-order valence-corrected chi connectivity index (χ1v) is 8.86. The number of hydrogen-bond donors (Lipinski definition) is 1. The molecule has 27 heavy (non-hydrogen) atoms. The molecule has 0 unspecified atom stereocenters. The molecule has 7 nitrogen and oxygen atoms in total. The van der Waals surface area contributed by atoms with E-state index in [1.807, 2.05) is 53.1 Å². The minimum atomic E-state index is -0.207. The van der Waals surface area contributed by atoms with Crippen LogP contribution in [0.4, 0.5) is 5.69 Å². The molecule has 1 aliphatic heterocycles. The van der Waals surface area contributed by atoms with Crippen LogP contribution in [0.5, 0.6) is 0 Å². The zero-order valence-corrected chi connectivity index (χ0v) is 14.7. The Hall–Kier alpha value is -3.48. The van der Waals surface area contributed by atoms with Gasteiger partial charge >= 0.3 is 0 Å². The first-order chi connectivity index (χ1) is 13.2. The normalized spacial score (nSPS) is 14.4. The maximum Gasteiger partial charge on any atom is 0.244 e. The van der Waals surface area contributed by atoms with Crippen LogP contribution >= 0.6 is 0 Å². The Balaban J connectivity index is 1.35. The van der Waals surface area contributed by atoms with E-state index in [2.05, 4.69) is 15.5 Å². The van der Waals surface area contributed by atoms with Gasteiger partial charge in [-0.05, 0) is 42.3 Å². The fourth-order valence-electron chi connectivity index (χ4n) is 3.10. The van der Waals surface area contributed by atoms with E-state index in [9.17, 15) is 9.59 Å². The van der Waals surface area contributed by atoms with Crippen molar-refractivity contribution in [3.8, 4) is 0 Å². The highest BCUT2D eigenvalue weighted by Crippen LogP contribution is 2.21. The van der Waals surface area contributed by atoms with Gasteiger partial charge < -0.3 is 10.2 Å². The smallest absolute Gasteiger partial charge is 0.244 e. The fraction of sp³-hybridized carbons (Fsp3) is 0.200. The number of pyridine rings is 1. The molecule has 3 aromatic rings. The molecule has 1 aromatic carbocycles. The van der Waals surface area contributed by atoms with E-state index in [-0.39, 0.29) is 11.8 Å². The number of benzene rings is 1. The minimum absolute atomic E-state index is 0.165. The summed E-state index contributed by atoms with van der Waals surface area (Å²) in [5.74, 6) is 0.632. The molecule has 1 N–H and O–H groups in total. The number of hydrogen-bond acceptors (Lipinski definition) is 4. The zero-order chi connectivity index (χ0) is 18.6. The molecule has 3 heterocycles. The van der Waals surface area contributed by atoms with Gasteiger partial charge in [0.25, 0.3) is 0 Å². The highest BCUT2D eigenvalue weighted by atomic mass is 16.2. The van der Waals surface area contributed by atoms with E-state index in [1.54, 1.807) is 11.0 Å². The third-order valence-electron chi connectivity index (χ3n) is 4.51. The number of amides is 2. The summed E-state index contributed by atoms with van der Waals surface area (Å²) in [7, 11) is 0. The van der Waals surface area contributed by atoms with Crippen molar-refractivity contribution in [2.45, 2.75) is 19.4 Å². The predicted molar refractivity (Wildman–Crippen MR) is 102 cm³/mol. The van der Waals surface area contributed by atoms with E-state index in [4.69, 9.17) is 0 Å². The zero-order valence-electron chi connectivity index (χ0n) is 14.7. The van der Waals surface area contributed by atoms with Gasteiger partial charge in [-0.2, -0.15) is 0 Å². The highest BCUT2D eigenvalue weighted by Gasteiger charge is 2.21. The topological polar surface area (TPSA) is 79.6 Å². The second kappa shape index (κ2) is 7.41. The van der Waals surface area contributed by atoms with Crippen LogP contribution in [-0.4, -0.2) is 33.0 Å². The second-order valence-electron chi connectivity index (χ2n) is 6.34. The minimum Gasteiger partial charge on any atom is -0.345 e. The number of nitrogens with zero attached hydrogens (tertiary/aromatic N) is 4. The van der Waals surface area contributed by atoms with Crippen LogP contribution in [0.25, 0.3) is 11.7 Å². The van der Waals surface area contributed by atoms with Crippen molar-refractivity contribution >= 4 is 29.2 Å². The molecule has 1 saturated heterocycles. The molecule has 2 aromatic heterocycles. The average molecular weight is 361 g/mol. The number of fused-ring (bicyclic) bond motifs is 1. The summed E-state index contributed by atoms with van der Waals surface area (Å²) >= 11 is 0. The molecular weight excluding hydrogens is 342 g/mol. The molecule has 0 spiro atoms. The molecule has 1 aliphatic rings. The summed E-state index contributed by atoms with van der Waals surface area (Å²) in [6.45, 7) is 1.07. The molecule has 0 aliphatic carbocycles. The van der Waals surface area contributed by atoms with Crippen LogP contribution < -0.4 is 10.2 Å². The number of carbonyl (C=O) groups excluding carboxylic acids is 2. The van der Waals surface area contributed by atoms with Gasteiger partial charge in [0.15, 0.2) is 11.5 Å². The third kappa shape index (κ3) is 3.72. The average Bonchev–Trinajstić information content (AvgIpc) is 3.31. The van der Waals surface area contributed by atoms with Crippen LogP contribution in [0.15, 0.2) is 54.7 Å². The van der Waals surface area contributed by atoms with Crippen LogP contribution in [0.1, 0.15) is 24.2 Å². The fourth-order valence-corrected chi connectivity index (χ4v) is 3.10. The van der Waals surface area contributed by atoms with Gasteiger partial charge in [-0.25, -0.2) is 0 Å². The molecule has 4 rings (SSSR count). The Morgan fingerprint density at radius 3 is 2.78 bits per heavy atom. The van der Waals surface area contributed by atoms with Crippen molar-refractivity contribution in [2.75, 3.05) is 11.4 Å². The summed E-state index contributed by atoms with van der Waals surface area (Å²) in [6, 6.07) is 13.2. The van der Waals surface area contributed by atoms with Crippen molar-refractivity contribution < 1.29 is 9.59 Å². The van der Waals surface area contributed by atoms with Crippen LogP contribution in [0.3, 0.4) is 0 Å². The van der Waals surface area contributed by atoms with Crippen molar-refractivity contribution in [2.24, 2.45) is 0 Å². The lowest BCUT2D eigenvalue weighted by Gasteiger charge is -2.15. The summed E-state index contributed by atoms with van der Waals surface area (Å²) in [5, 5.41) is 10.9. The molecule has 0 bridgehead atoms. The summed E-state index contributed by atoms with van der Waals surface area (Å²) in [4.78, 5) is 25.6. The molecule has 0 radical (unpaired) electrons.